The van der Waals surface area contributed by atoms with Crippen molar-refractivity contribution >= 4 is 5.91 Å². The average Bonchev–Trinajstić information content (AvgIpc) is 2.74. The average molecular weight is 244 g/mol. The molecule has 1 amide bonds. The van der Waals surface area contributed by atoms with E-state index in [9.17, 15) is 4.79 Å². The molecule has 3 rings (SSSR count). The van der Waals surface area contributed by atoms with Crippen LogP contribution < -0.4 is 10.6 Å². The van der Waals surface area contributed by atoms with Crippen molar-refractivity contribution in [3.63, 3.8) is 0 Å². The lowest BCUT2D eigenvalue weighted by Gasteiger charge is -2.27. The molecule has 1 aliphatic heterocycles. The molecule has 1 heterocycles. The summed E-state index contributed by atoms with van der Waals surface area (Å²) in [5.41, 5.74) is 4.07. The van der Waals surface area contributed by atoms with E-state index >= 15 is 0 Å². The topological polar surface area (TPSA) is 41.1 Å². The summed E-state index contributed by atoms with van der Waals surface area (Å²) >= 11 is 0. The Hall–Kier alpha value is -1.35. The molecule has 0 radical (unpaired) electrons. The zero-order chi connectivity index (χ0) is 12.4. The molecular weight excluding hydrogens is 224 g/mol. The molecule has 2 N–H and O–H groups in total. The number of carbonyl (C=O) groups excluding carboxylic acids is 1. The Balaban J connectivity index is 1.53. The lowest BCUT2D eigenvalue weighted by Crippen LogP contribution is -2.48. The molecule has 96 valence electrons. The number of hydrogen-bond acceptors (Lipinski definition) is 2. The van der Waals surface area contributed by atoms with Crippen molar-refractivity contribution in [2.24, 2.45) is 5.92 Å². The highest BCUT2D eigenvalue weighted by atomic mass is 16.1. The first-order chi connectivity index (χ1) is 8.81. The van der Waals surface area contributed by atoms with E-state index in [0.717, 1.165) is 25.2 Å². The van der Waals surface area contributed by atoms with Gasteiger partial charge in [0.2, 0.25) is 5.91 Å². The molecule has 0 unspecified atom stereocenters. The van der Waals surface area contributed by atoms with Gasteiger partial charge < -0.3 is 10.6 Å². The Kier molecular flexibility index (Phi) is 3.33. The zero-order valence-corrected chi connectivity index (χ0v) is 10.7. The quantitative estimate of drug-likeness (QED) is 0.831. The summed E-state index contributed by atoms with van der Waals surface area (Å²) in [4.78, 5) is 11.8. The normalized spacial score (nSPS) is 18.2. The molecule has 1 aromatic rings. The van der Waals surface area contributed by atoms with Crippen molar-refractivity contribution in [1.29, 1.82) is 0 Å². The van der Waals surface area contributed by atoms with E-state index in [-0.39, 0.29) is 5.91 Å². The maximum atomic E-state index is 11.8. The van der Waals surface area contributed by atoms with Gasteiger partial charge in [-0.2, -0.15) is 0 Å². The van der Waals surface area contributed by atoms with Gasteiger partial charge >= 0.3 is 0 Å². The van der Waals surface area contributed by atoms with E-state index in [1.165, 1.54) is 30.4 Å². The van der Waals surface area contributed by atoms with Crippen LogP contribution in [-0.2, 0) is 24.1 Å². The Morgan fingerprint density at radius 3 is 2.89 bits per heavy atom. The van der Waals surface area contributed by atoms with Crippen LogP contribution in [0, 0.1) is 5.92 Å². The fourth-order valence-corrected chi connectivity index (χ4v) is 2.73. The first-order valence-electron chi connectivity index (χ1n) is 6.89. The maximum absolute atomic E-state index is 11.8. The van der Waals surface area contributed by atoms with Gasteiger partial charge in [0.15, 0.2) is 0 Å². The molecule has 3 nitrogen and oxygen atoms in total. The van der Waals surface area contributed by atoms with Gasteiger partial charge in [-0.3, -0.25) is 4.79 Å². The highest BCUT2D eigenvalue weighted by Gasteiger charge is 2.17. The second kappa shape index (κ2) is 5.11. The first kappa shape index (κ1) is 11.7. The minimum atomic E-state index is 0.153. The molecule has 0 spiro atoms. The van der Waals surface area contributed by atoms with Gasteiger partial charge in [-0.05, 0) is 36.0 Å². The highest BCUT2D eigenvalue weighted by Crippen LogP contribution is 2.22. The Labute approximate surface area is 108 Å². The molecule has 0 saturated carbocycles. The molecule has 3 heteroatoms. The molecule has 1 aliphatic carbocycles. The Morgan fingerprint density at radius 1 is 1.28 bits per heavy atom. The molecule has 0 aromatic heterocycles. The SMILES string of the molecule is O=C(Cc1ccc2c(c1)CCC2)NCC1CNC1. The summed E-state index contributed by atoms with van der Waals surface area (Å²) in [6, 6.07) is 6.52. The van der Waals surface area contributed by atoms with Crippen LogP contribution in [-0.4, -0.2) is 25.5 Å². The summed E-state index contributed by atoms with van der Waals surface area (Å²) in [5.74, 6) is 0.786. The fraction of sp³-hybridized carbons (Fsp3) is 0.533. The number of carbonyl (C=O) groups is 1. The number of rotatable bonds is 4. The van der Waals surface area contributed by atoms with Crippen LogP contribution in [0.5, 0.6) is 0 Å². The van der Waals surface area contributed by atoms with Gasteiger partial charge in [0.05, 0.1) is 6.42 Å². The van der Waals surface area contributed by atoms with Crippen LogP contribution in [0.4, 0.5) is 0 Å². The summed E-state index contributed by atoms with van der Waals surface area (Å²) in [5, 5.41) is 6.23. The third kappa shape index (κ3) is 2.56. The van der Waals surface area contributed by atoms with Gasteiger partial charge in [0.1, 0.15) is 0 Å². The van der Waals surface area contributed by atoms with Crippen molar-refractivity contribution in [3.05, 3.63) is 34.9 Å². The number of hydrogen-bond donors (Lipinski definition) is 2. The third-order valence-corrected chi connectivity index (χ3v) is 3.98. The van der Waals surface area contributed by atoms with E-state index in [0.29, 0.717) is 12.3 Å². The first-order valence-corrected chi connectivity index (χ1v) is 6.89. The second-order valence-electron chi connectivity index (χ2n) is 5.46. The standard InChI is InChI=1S/C15H20N2O/c18-15(17-10-12-8-16-9-12)7-11-4-5-13-2-1-3-14(13)6-11/h4-6,12,16H,1-3,7-10H2,(H,17,18). The Morgan fingerprint density at radius 2 is 2.11 bits per heavy atom. The minimum Gasteiger partial charge on any atom is -0.355 e. The predicted molar refractivity (Wildman–Crippen MR) is 71.5 cm³/mol. The number of fused-ring (bicyclic) bond motifs is 1. The number of benzene rings is 1. The van der Waals surface area contributed by atoms with Gasteiger partial charge in [0.25, 0.3) is 0 Å². The molecule has 0 atom stereocenters. The zero-order valence-electron chi connectivity index (χ0n) is 10.7. The highest BCUT2D eigenvalue weighted by molar-refractivity contribution is 5.78. The lowest BCUT2D eigenvalue weighted by atomic mass is 10.0. The molecule has 1 saturated heterocycles. The van der Waals surface area contributed by atoms with E-state index < -0.39 is 0 Å². The molecule has 1 fully saturated rings. The molecule has 18 heavy (non-hydrogen) atoms. The monoisotopic (exact) mass is 244 g/mol. The van der Waals surface area contributed by atoms with E-state index in [1.54, 1.807) is 0 Å². The van der Waals surface area contributed by atoms with Crippen molar-refractivity contribution in [1.82, 2.24) is 10.6 Å². The fourth-order valence-electron chi connectivity index (χ4n) is 2.73. The van der Waals surface area contributed by atoms with Crippen LogP contribution in [0.3, 0.4) is 0 Å². The van der Waals surface area contributed by atoms with Gasteiger partial charge in [-0.25, -0.2) is 0 Å². The number of amides is 1. The van der Waals surface area contributed by atoms with Gasteiger partial charge in [0, 0.05) is 25.6 Å². The number of nitrogens with one attached hydrogen (secondary N) is 2. The van der Waals surface area contributed by atoms with Gasteiger partial charge in [-0.1, -0.05) is 18.2 Å². The van der Waals surface area contributed by atoms with Crippen LogP contribution in [0.1, 0.15) is 23.1 Å². The van der Waals surface area contributed by atoms with E-state index in [4.69, 9.17) is 0 Å². The molecule has 0 bridgehead atoms. The van der Waals surface area contributed by atoms with Crippen LogP contribution >= 0.6 is 0 Å². The summed E-state index contributed by atoms with van der Waals surface area (Å²) in [7, 11) is 0. The molecule has 1 aromatic carbocycles. The summed E-state index contributed by atoms with van der Waals surface area (Å²) < 4.78 is 0. The van der Waals surface area contributed by atoms with Crippen molar-refractivity contribution < 1.29 is 4.79 Å². The van der Waals surface area contributed by atoms with Crippen molar-refractivity contribution in [2.75, 3.05) is 19.6 Å². The lowest BCUT2D eigenvalue weighted by molar-refractivity contribution is -0.120. The van der Waals surface area contributed by atoms with Crippen LogP contribution in [0.15, 0.2) is 18.2 Å². The smallest absolute Gasteiger partial charge is 0.224 e. The minimum absolute atomic E-state index is 0.153. The molecule has 2 aliphatic rings. The van der Waals surface area contributed by atoms with Crippen molar-refractivity contribution in [3.8, 4) is 0 Å². The molecular formula is C15H20N2O. The maximum Gasteiger partial charge on any atom is 0.224 e. The second-order valence-corrected chi connectivity index (χ2v) is 5.46. The van der Waals surface area contributed by atoms with E-state index in [2.05, 4.69) is 28.8 Å². The number of aryl methyl sites for hydroxylation is 2. The van der Waals surface area contributed by atoms with Crippen molar-refractivity contribution in [2.45, 2.75) is 25.7 Å². The summed E-state index contributed by atoms with van der Waals surface area (Å²) in [6.45, 7) is 2.90. The largest absolute Gasteiger partial charge is 0.355 e. The third-order valence-electron chi connectivity index (χ3n) is 3.98. The Bertz CT molecular complexity index is 452. The van der Waals surface area contributed by atoms with Crippen LogP contribution in [0.2, 0.25) is 0 Å². The van der Waals surface area contributed by atoms with Crippen LogP contribution in [0.25, 0.3) is 0 Å². The van der Waals surface area contributed by atoms with Gasteiger partial charge in [-0.15, -0.1) is 0 Å². The predicted octanol–water partition coefficient (Wildman–Crippen LogP) is 1.05. The summed E-state index contributed by atoms with van der Waals surface area (Å²) in [6.07, 6.45) is 4.17. The van der Waals surface area contributed by atoms with E-state index in [1.807, 2.05) is 0 Å².